The average molecular weight is 263 g/mol. The number of nitrogens with zero attached hydrogens (tertiary/aromatic N) is 1. The molecule has 0 radical (unpaired) electrons. The molecule has 3 nitrogen and oxygen atoms in total. The number of aromatic nitrogens is 1. The van der Waals surface area contributed by atoms with Crippen LogP contribution in [0.2, 0.25) is 0 Å². The number of aromatic carboxylic acids is 1. The molecular weight excluding hydrogens is 249 g/mol. The van der Waals surface area contributed by atoms with Gasteiger partial charge in [0.25, 0.3) is 0 Å². The third kappa shape index (κ3) is 3.18. The number of carbonyl (C=O) groups is 1. The molecule has 0 fully saturated rings. The van der Waals surface area contributed by atoms with Gasteiger partial charge in [-0.25, -0.2) is 0 Å². The zero-order valence-corrected chi connectivity index (χ0v) is 13.2. The van der Waals surface area contributed by atoms with Crippen molar-refractivity contribution in [3.05, 3.63) is 54.2 Å². The van der Waals surface area contributed by atoms with Gasteiger partial charge in [-0.15, -0.1) is 0 Å². The summed E-state index contributed by atoms with van der Waals surface area (Å²) in [7, 11) is 0. The molecule has 4 heteroatoms. The molecule has 0 saturated heterocycles. The Kier molecular flexibility index (Phi) is 5.60. The number of carboxylic acids is 1. The molecule has 0 saturated carbocycles. The van der Waals surface area contributed by atoms with Crippen molar-refractivity contribution in [2.24, 2.45) is 0 Å². The number of carboxylic acid groups (broad SMARTS) is 1. The van der Waals surface area contributed by atoms with Crippen LogP contribution in [0.4, 0.5) is 0 Å². The van der Waals surface area contributed by atoms with Gasteiger partial charge >= 0.3 is 29.6 Å². The Hall–Kier alpha value is -1.29. The van der Waals surface area contributed by atoms with E-state index in [1.54, 1.807) is 6.07 Å². The first kappa shape index (κ1) is 15.8. The fourth-order valence-electron chi connectivity index (χ4n) is 1.96. The van der Waals surface area contributed by atoms with E-state index in [1.807, 2.05) is 24.3 Å². The molecule has 0 aliphatic heterocycles. The first-order valence-electron chi connectivity index (χ1n) is 5.81. The molecule has 92 valence electrons. The Morgan fingerprint density at radius 3 is 2.37 bits per heavy atom. The molecule has 0 unspecified atom stereocenters. The van der Waals surface area contributed by atoms with Gasteiger partial charge in [0.2, 0.25) is 0 Å². The summed E-state index contributed by atoms with van der Waals surface area (Å²) in [6.45, 7) is 5.73. The first-order chi connectivity index (χ1) is 8.67. The third-order valence-electron chi connectivity index (χ3n) is 2.97. The van der Waals surface area contributed by atoms with Gasteiger partial charge in [-0.1, -0.05) is 37.8 Å². The molecule has 0 spiro atoms. The minimum atomic E-state index is -1.20. The van der Waals surface area contributed by atoms with Crippen LogP contribution >= 0.6 is 0 Å². The van der Waals surface area contributed by atoms with Crippen LogP contribution in [0.1, 0.15) is 23.0 Å². The van der Waals surface area contributed by atoms with Crippen molar-refractivity contribution in [3.8, 4) is 11.3 Å². The molecule has 19 heavy (non-hydrogen) atoms. The van der Waals surface area contributed by atoms with E-state index < -0.39 is 5.97 Å². The van der Waals surface area contributed by atoms with E-state index in [0.29, 0.717) is 0 Å². The minimum absolute atomic E-state index is 0. The van der Waals surface area contributed by atoms with Crippen molar-refractivity contribution >= 4 is 12.2 Å². The fraction of sp³-hybridized carbons (Fsp3) is 0.133. The van der Waals surface area contributed by atoms with Crippen LogP contribution in [0.25, 0.3) is 17.5 Å². The molecule has 0 N–H and O–H groups in total. The van der Waals surface area contributed by atoms with E-state index in [0.717, 1.165) is 17.7 Å². The number of hydrogen-bond donors (Lipinski definition) is 0. The SMILES string of the molecule is C=Cn1c(C(=O)[O-])ccc1-c1ccc(CC)cc1.[Na+]. The molecular formula is C15H14NNaO2. The fourth-order valence-corrected chi connectivity index (χ4v) is 1.96. The van der Waals surface area contributed by atoms with Crippen LogP contribution in [0, 0.1) is 0 Å². The zero-order valence-electron chi connectivity index (χ0n) is 11.2. The maximum Gasteiger partial charge on any atom is 1.00 e. The molecule has 0 aliphatic carbocycles. The Morgan fingerprint density at radius 2 is 1.89 bits per heavy atom. The number of benzene rings is 1. The summed E-state index contributed by atoms with van der Waals surface area (Å²) >= 11 is 0. The molecule has 0 bridgehead atoms. The largest absolute Gasteiger partial charge is 1.00 e. The normalized spacial score (nSPS) is 9.74. The number of rotatable bonds is 4. The van der Waals surface area contributed by atoms with Crippen molar-refractivity contribution in [3.63, 3.8) is 0 Å². The minimum Gasteiger partial charge on any atom is -0.543 e. The second kappa shape index (κ2) is 6.75. The van der Waals surface area contributed by atoms with Gasteiger partial charge in [0.05, 0.1) is 17.4 Å². The molecule has 0 amide bonds. The van der Waals surface area contributed by atoms with Crippen LogP contribution < -0.4 is 34.7 Å². The first-order valence-corrected chi connectivity index (χ1v) is 5.81. The van der Waals surface area contributed by atoms with E-state index in [-0.39, 0.29) is 35.3 Å². The summed E-state index contributed by atoms with van der Waals surface area (Å²) in [5, 5.41) is 10.9. The smallest absolute Gasteiger partial charge is 0.543 e. The van der Waals surface area contributed by atoms with Gasteiger partial charge in [0.1, 0.15) is 0 Å². The van der Waals surface area contributed by atoms with E-state index in [1.165, 1.54) is 22.4 Å². The topological polar surface area (TPSA) is 45.1 Å². The molecule has 0 aliphatic rings. The molecule has 1 aromatic heterocycles. The molecule has 2 aromatic rings. The monoisotopic (exact) mass is 263 g/mol. The predicted octanol–water partition coefficient (Wildman–Crippen LogP) is -0.814. The Morgan fingerprint density at radius 1 is 1.26 bits per heavy atom. The molecule has 1 heterocycles. The van der Waals surface area contributed by atoms with E-state index in [2.05, 4.69) is 13.5 Å². The van der Waals surface area contributed by atoms with E-state index >= 15 is 0 Å². The molecule has 2 rings (SSSR count). The van der Waals surface area contributed by atoms with Gasteiger partial charge in [-0.3, -0.25) is 0 Å². The number of carbonyl (C=O) groups excluding carboxylic acids is 1. The van der Waals surface area contributed by atoms with Crippen molar-refractivity contribution in [1.29, 1.82) is 0 Å². The summed E-state index contributed by atoms with van der Waals surface area (Å²) in [5.41, 5.74) is 3.11. The van der Waals surface area contributed by atoms with Gasteiger partial charge in [-0.05, 0) is 29.7 Å². The van der Waals surface area contributed by atoms with Gasteiger partial charge < -0.3 is 14.5 Å². The van der Waals surface area contributed by atoms with Crippen molar-refractivity contribution in [2.45, 2.75) is 13.3 Å². The summed E-state index contributed by atoms with van der Waals surface area (Å²) < 4.78 is 1.52. The average Bonchev–Trinajstić information content (AvgIpc) is 2.82. The van der Waals surface area contributed by atoms with E-state index in [9.17, 15) is 9.90 Å². The summed E-state index contributed by atoms with van der Waals surface area (Å²) in [6.07, 6.45) is 2.46. The van der Waals surface area contributed by atoms with Crippen molar-refractivity contribution < 1.29 is 39.5 Å². The molecule has 0 atom stereocenters. The Labute approximate surface area is 134 Å². The van der Waals surface area contributed by atoms with Crippen molar-refractivity contribution in [1.82, 2.24) is 4.57 Å². The second-order valence-electron chi connectivity index (χ2n) is 3.99. The quantitative estimate of drug-likeness (QED) is 0.677. The standard InChI is InChI=1S/C15H15NO2.Na/c1-3-11-5-7-12(8-6-11)13-9-10-14(15(17)18)16(13)4-2;/h4-10H,2-3H2,1H3,(H,17,18);/q;+1/p-1. The van der Waals surface area contributed by atoms with Crippen LogP contribution in [0.5, 0.6) is 0 Å². The summed E-state index contributed by atoms with van der Waals surface area (Å²) in [4.78, 5) is 10.9. The third-order valence-corrected chi connectivity index (χ3v) is 2.97. The predicted molar refractivity (Wildman–Crippen MR) is 70.0 cm³/mol. The maximum atomic E-state index is 10.9. The summed E-state index contributed by atoms with van der Waals surface area (Å²) in [5.74, 6) is -1.20. The zero-order chi connectivity index (χ0) is 13.1. The Balaban J connectivity index is 0.00000180. The van der Waals surface area contributed by atoms with Gasteiger partial charge in [0.15, 0.2) is 0 Å². The molecule has 1 aromatic carbocycles. The van der Waals surface area contributed by atoms with E-state index in [4.69, 9.17) is 0 Å². The van der Waals surface area contributed by atoms with Gasteiger partial charge in [-0.2, -0.15) is 0 Å². The van der Waals surface area contributed by atoms with Gasteiger partial charge in [0, 0.05) is 6.20 Å². The van der Waals surface area contributed by atoms with Crippen molar-refractivity contribution in [2.75, 3.05) is 0 Å². The number of hydrogen-bond acceptors (Lipinski definition) is 2. The second-order valence-corrected chi connectivity index (χ2v) is 3.99. The maximum absolute atomic E-state index is 10.9. The van der Waals surface area contributed by atoms with Crippen LogP contribution in [-0.2, 0) is 6.42 Å². The summed E-state index contributed by atoms with van der Waals surface area (Å²) in [6, 6.07) is 11.3. The number of aryl methyl sites for hydroxylation is 1. The van der Waals surface area contributed by atoms with Crippen LogP contribution in [0.3, 0.4) is 0 Å². The Bertz CT molecular complexity index is 585. The van der Waals surface area contributed by atoms with Crippen LogP contribution in [-0.4, -0.2) is 10.5 Å². The van der Waals surface area contributed by atoms with Crippen LogP contribution in [0.15, 0.2) is 43.0 Å².